The number of carbonyl (C=O) groups excluding carboxylic acids is 1. The molecule has 1 aromatic rings. The quantitative estimate of drug-likeness (QED) is 0.784. The molecule has 1 aromatic carbocycles. The Balaban J connectivity index is 2.20. The average molecular weight is 232 g/mol. The first-order valence-corrected chi connectivity index (χ1v) is 5.67. The molecular formula is C13H13FN2O. The lowest BCUT2D eigenvalue weighted by atomic mass is 10.1. The van der Waals surface area contributed by atoms with Crippen LogP contribution >= 0.6 is 0 Å². The first kappa shape index (κ1) is 11.6. The summed E-state index contributed by atoms with van der Waals surface area (Å²) in [5.74, 6) is -0.284. The molecule has 0 aromatic heterocycles. The molecule has 1 aliphatic heterocycles. The summed E-state index contributed by atoms with van der Waals surface area (Å²) in [5.41, 5.74) is 1.02. The molecule has 1 fully saturated rings. The Kier molecular flexibility index (Phi) is 3.38. The fourth-order valence-electron chi connectivity index (χ4n) is 2.04. The van der Waals surface area contributed by atoms with Crippen LogP contribution in [0.5, 0.6) is 0 Å². The third-order valence-corrected chi connectivity index (χ3v) is 2.97. The summed E-state index contributed by atoms with van der Waals surface area (Å²) in [7, 11) is 0. The van der Waals surface area contributed by atoms with Crippen LogP contribution in [0.4, 0.5) is 4.39 Å². The van der Waals surface area contributed by atoms with E-state index >= 15 is 0 Å². The molecular weight excluding hydrogens is 219 g/mol. The van der Waals surface area contributed by atoms with Gasteiger partial charge in [-0.05, 0) is 36.6 Å². The van der Waals surface area contributed by atoms with Crippen LogP contribution in [-0.4, -0.2) is 17.4 Å². The van der Waals surface area contributed by atoms with E-state index in [1.54, 1.807) is 4.90 Å². The molecule has 4 heteroatoms. The molecule has 1 aliphatic rings. The zero-order valence-electron chi connectivity index (χ0n) is 9.45. The van der Waals surface area contributed by atoms with E-state index in [4.69, 9.17) is 5.26 Å². The Bertz CT molecular complexity index is 479. The van der Waals surface area contributed by atoms with E-state index in [9.17, 15) is 9.18 Å². The number of nitriles is 1. The molecule has 88 valence electrons. The number of piperidine rings is 1. The van der Waals surface area contributed by atoms with Crippen molar-refractivity contribution in [1.82, 2.24) is 4.90 Å². The van der Waals surface area contributed by atoms with Gasteiger partial charge in [0.2, 0.25) is 5.91 Å². The van der Waals surface area contributed by atoms with Crippen molar-refractivity contribution in [3.8, 4) is 6.07 Å². The molecule has 1 amide bonds. The monoisotopic (exact) mass is 232 g/mol. The van der Waals surface area contributed by atoms with Gasteiger partial charge in [0.15, 0.2) is 0 Å². The highest BCUT2D eigenvalue weighted by Gasteiger charge is 2.19. The van der Waals surface area contributed by atoms with Crippen LogP contribution < -0.4 is 0 Å². The van der Waals surface area contributed by atoms with Crippen LogP contribution in [0.1, 0.15) is 30.4 Å². The molecule has 1 saturated heterocycles. The SMILES string of the molecule is N#Cc1ccc(F)cc1CN1CCCCC1=O. The van der Waals surface area contributed by atoms with Crippen molar-refractivity contribution in [2.45, 2.75) is 25.8 Å². The van der Waals surface area contributed by atoms with Gasteiger partial charge in [-0.3, -0.25) is 4.79 Å². The highest BCUT2D eigenvalue weighted by molar-refractivity contribution is 5.76. The third-order valence-electron chi connectivity index (χ3n) is 2.97. The summed E-state index contributed by atoms with van der Waals surface area (Å²) in [4.78, 5) is 13.3. The molecule has 0 saturated carbocycles. The van der Waals surface area contributed by atoms with E-state index in [0.29, 0.717) is 30.6 Å². The maximum absolute atomic E-state index is 13.1. The van der Waals surface area contributed by atoms with Crippen molar-refractivity contribution in [3.05, 3.63) is 35.1 Å². The van der Waals surface area contributed by atoms with E-state index < -0.39 is 0 Å². The van der Waals surface area contributed by atoms with E-state index in [-0.39, 0.29) is 11.7 Å². The van der Waals surface area contributed by atoms with E-state index in [1.807, 2.05) is 6.07 Å². The highest BCUT2D eigenvalue weighted by Crippen LogP contribution is 2.17. The van der Waals surface area contributed by atoms with Gasteiger partial charge in [0.05, 0.1) is 11.6 Å². The van der Waals surface area contributed by atoms with Crippen molar-refractivity contribution in [2.24, 2.45) is 0 Å². The van der Waals surface area contributed by atoms with Gasteiger partial charge in [-0.1, -0.05) is 0 Å². The van der Waals surface area contributed by atoms with Gasteiger partial charge in [-0.25, -0.2) is 4.39 Å². The van der Waals surface area contributed by atoms with Crippen LogP contribution in [0.2, 0.25) is 0 Å². The Morgan fingerprint density at radius 3 is 2.94 bits per heavy atom. The molecule has 0 bridgehead atoms. The van der Waals surface area contributed by atoms with Crippen LogP contribution in [0.25, 0.3) is 0 Å². The molecule has 3 nitrogen and oxygen atoms in total. The van der Waals surface area contributed by atoms with Gasteiger partial charge < -0.3 is 4.90 Å². The van der Waals surface area contributed by atoms with Gasteiger partial charge in [0, 0.05) is 19.5 Å². The number of halogens is 1. The first-order valence-electron chi connectivity index (χ1n) is 5.67. The molecule has 0 radical (unpaired) electrons. The minimum Gasteiger partial charge on any atom is -0.338 e. The number of likely N-dealkylation sites (tertiary alicyclic amines) is 1. The van der Waals surface area contributed by atoms with E-state index in [0.717, 1.165) is 12.8 Å². The van der Waals surface area contributed by atoms with E-state index in [2.05, 4.69) is 0 Å². The van der Waals surface area contributed by atoms with Crippen molar-refractivity contribution in [2.75, 3.05) is 6.54 Å². The highest BCUT2D eigenvalue weighted by atomic mass is 19.1. The predicted molar refractivity (Wildman–Crippen MR) is 60.4 cm³/mol. The Morgan fingerprint density at radius 2 is 2.24 bits per heavy atom. The summed E-state index contributed by atoms with van der Waals surface area (Å²) >= 11 is 0. The molecule has 2 rings (SSSR count). The number of carbonyl (C=O) groups is 1. The second-order valence-electron chi connectivity index (χ2n) is 4.19. The Morgan fingerprint density at radius 1 is 1.41 bits per heavy atom. The van der Waals surface area contributed by atoms with Crippen LogP contribution in [0.3, 0.4) is 0 Å². The fourth-order valence-corrected chi connectivity index (χ4v) is 2.04. The lowest BCUT2D eigenvalue weighted by Crippen LogP contribution is -2.34. The van der Waals surface area contributed by atoms with Crippen molar-refractivity contribution in [1.29, 1.82) is 5.26 Å². The van der Waals surface area contributed by atoms with Crippen molar-refractivity contribution < 1.29 is 9.18 Å². The lowest BCUT2D eigenvalue weighted by Gasteiger charge is -2.27. The Hall–Kier alpha value is -1.89. The minimum absolute atomic E-state index is 0.0874. The normalized spacial score (nSPS) is 15.8. The smallest absolute Gasteiger partial charge is 0.222 e. The molecule has 1 heterocycles. The number of benzene rings is 1. The second-order valence-corrected chi connectivity index (χ2v) is 4.19. The molecule has 0 N–H and O–H groups in total. The van der Waals surface area contributed by atoms with Gasteiger partial charge >= 0.3 is 0 Å². The van der Waals surface area contributed by atoms with Crippen molar-refractivity contribution in [3.63, 3.8) is 0 Å². The summed E-state index contributed by atoms with van der Waals surface area (Å²) < 4.78 is 13.1. The summed E-state index contributed by atoms with van der Waals surface area (Å²) in [6, 6.07) is 6.08. The first-order chi connectivity index (χ1) is 8.20. The largest absolute Gasteiger partial charge is 0.338 e. The predicted octanol–water partition coefficient (Wildman–Crippen LogP) is 2.21. The second kappa shape index (κ2) is 4.96. The number of hydrogen-bond acceptors (Lipinski definition) is 2. The topological polar surface area (TPSA) is 44.1 Å². The van der Waals surface area contributed by atoms with Gasteiger partial charge in [-0.15, -0.1) is 0 Å². The minimum atomic E-state index is -0.372. The van der Waals surface area contributed by atoms with Gasteiger partial charge in [0.1, 0.15) is 5.82 Å². The number of nitrogens with zero attached hydrogens (tertiary/aromatic N) is 2. The zero-order valence-corrected chi connectivity index (χ0v) is 9.45. The van der Waals surface area contributed by atoms with Crippen LogP contribution in [-0.2, 0) is 11.3 Å². The summed E-state index contributed by atoms with van der Waals surface area (Å²) in [6.45, 7) is 1.03. The maximum atomic E-state index is 13.1. The third kappa shape index (κ3) is 2.62. The standard InChI is InChI=1S/C13H13FN2O/c14-12-5-4-10(8-15)11(7-12)9-16-6-2-1-3-13(16)17/h4-5,7H,1-3,6,9H2. The van der Waals surface area contributed by atoms with Crippen LogP contribution in [0, 0.1) is 17.1 Å². The zero-order chi connectivity index (χ0) is 12.3. The summed E-state index contributed by atoms with van der Waals surface area (Å²) in [6.07, 6.45) is 2.45. The molecule has 0 aliphatic carbocycles. The maximum Gasteiger partial charge on any atom is 0.222 e. The molecule has 17 heavy (non-hydrogen) atoms. The average Bonchev–Trinajstić information content (AvgIpc) is 2.32. The van der Waals surface area contributed by atoms with E-state index in [1.165, 1.54) is 18.2 Å². The van der Waals surface area contributed by atoms with Gasteiger partial charge in [-0.2, -0.15) is 5.26 Å². The Labute approximate surface area is 99.5 Å². The number of amides is 1. The number of rotatable bonds is 2. The van der Waals surface area contributed by atoms with Gasteiger partial charge in [0.25, 0.3) is 0 Å². The molecule has 0 spiro atoms. The molecule has 0 unspecified atom stereocenters. The number of hydrogen-bond donors (Lipinski definition) is 0. The van der Waals surface area contributed by atoms with Crippen LogP contribution in [0.15, 0.2) is 18.2 Å². The fraction of sp³-hybridized carbons (Fsp3) is 0.385. The molecule has 0 atom stereocenters. The summed E-state index contributed by atoms with van der Waals surface area (Å²) in [5, 5.41) is 8.93. The van der Waals surface area contributed by atoms with Crippen molar-refractivity contribution >= 4 is 5.91 Å². The lowest BCUT2D eigenvalue weighted by molar-refractivity contribution is -0.133.